The molecule has 140 valence electrons. The van der Waals surface area contributed by atoms with Crippen LogP contribution in [0.15, 0.2) is 35.5 Å². The van der Waals surface area contributed by atoms with Crippen molar-refractivity contribution in [2.45, 2.75) is 39.3 Å². The lowest BCUT2D eigenvalue weighted by Crippen LogP contribution is -2.05. The fraction of sp³-hybridized carbons (Fsp3) is 0.286. The molecule has 6 heteroatoms. The molecule has 0 spiro atoms. The summed E-state index contributed by atoms with van der Waals surface area (Å²) in [4.78, 5) is 35.3. The smallest absolute Gasteiger partial charge is 0.189 e. The molecule has 27 heavy (non-hydrogen) atoms. The van der Waals surface area contributed by atoms with Gasteiger partial charge in [0.2, 0.25) is 0 Å². The standard InChI is InChI=1S/C21H23N3O2S/c1-12-19(15(4)25)14(3)22-20(12)18(26)11-27-21-23-13(2)17(24-21)10-16-8-6-5-7-9-16/h5-9,22H,10-11H2,1-4H3,(H,23,24). The Kier molecular flexibility index (Phi) is 5.65. The van der Waals surface area contributed by atoms with Crippen LogP contribution in [0.2, 0.25) is 0 Å². The predicted molar refractivity (Wildman–Crippen MR) is 108 cm³/mol. The number of nitrogens with one attached hydrogen (secondary N) is 2. The van der Waals surface area contributed by atoms with Gasteiger partial charge >= 0.3 is 0 Å². The highest BCUT2D eigenvalue weighted by Gasteiger charge is 2.20. The van der Waals surface area contributed by atoms with E-state index >= 15 is 0 Å². The number of nitrogens with zero attached hydrogens (tertiary/aromatic N) is 1. The third kappa shape index (κ3) is 4.22. The molecule has 3 rings (SSSR count). The quantitative estimate of drug-likeness (QED) is 0.469. The molecule has 2 aromatic heterocycles. The van der Waals surface area contributed by atoms with Crippen molar-refractivity contribution < 1.29 is 9.59 Å². The zero-order chi connectivity index (χ0) is 19.6. The fourth-order valence-electron chi connectivity index (χ4n) is 3.26. The van der Waals surface area contributed by atoms with Crippen LogP contribution in [0.1, 0.15) is 56.0 Å². The van der Waals surface area contributed by atoms with E-state index in [-0.39, 0.29) is 17.3 Å². The number of rotatable bonds is 7. The van der Waals surface area contributed by atoms with E-state index in [1.165, 1.54) is 24.2 Å². The van der Waals surface area contributed by atoms with Crippen LogP contribution in [-0.2, 0) is 6.42 Å². The zero-order valence-corrected chi connectivity index (χ0v) is 16.8. The monoisotopic (exact) mass is 381 g/mol. The minimum absolute atomic E-state index is 0.0276. The summed E-state index contributed by atoms with van der Waals surface area (Å²) in [7, 11) is 0. The van der Waals surface area contributed by atoms with Gasteiger partial charge < -0.3 is 9.97 Å². The summed E-state index contributed by atoms with van der Waals surface area (Å²) in [6, 6.07) is 10.2. The summed E-state index contributed by atoms with van der Waals surface area (Å²) in [5, 5.41) is 0.736. The average Bonchev–Trinajstić information content (AvgIpc) is 3.12. The highest BCUT2D eigenvalue weighted by molar-refractivity contribution is 7.99. The van der Waals surface area contributed by atoms with E-state index in [9.17, 15) is 9.59 Å². The third-order valence-corrected chi connectivity index (χ3v) is 5.46. The average molecular weight is 382 g/mol. The highest BCUT2D eigenvalue weighted by Crippen LogP contribution is 2.23. The first-order valence-electron chi connectivity index (χ1n) is 8.82. The number of aromatic nitrogens is 3. The first kappa shape index (κ1) is 19.2. The molecule has 0 saturated carbocycles. The molecule has 0 unspecified atom stereocenters. The Hall–Kier alpha value is -2.60. The van der Waals surface area contributed by atoms with Crippen molar-refractivity contribution in [1.82, 2.24) is 15.0 Å². The van der Waals surface area contributed by atoms with Crippen molar-refractivity contribution in [3.63, 3.8) is 0 Å². The van der Waals surface area contributed by atoms with Crippen LogP contribution < -0.4 is 0 Å². The van der Waals surface area contributed by atoms with Crippen LogP contribution in [0.5, 0.6) is 0 Å². The Morgan fingerprint density at radius 2 is 1.74 bits per heavy atom. The number of hydrogen-bond donors (Lipinski definition) is 2. The minimum Gasteiger partial charge on any atom is -0.355 e. The number of hydrogen-bond acceptors (Lipinski definition) is 4. The van der Waals surface area contributed by atoms with Gasteiger partial charge in [-0.2, -0.15) is 0 Å². The number of aromatic amines is 2. The van der Waals surface area contributed by atoms with Crippen molar-refractivity contribution in [2.75, 3.05) is 5.75 Å². The summed E-state index contributed by atoms with van der Waals surface area (Å²) < 4.78 is 0. The molecule has 0 saturated heterocycles. The maximum atomic E-state index is 12.6. The molecule has 0 atom stereocenters. The molecule has 0 bridgehead atoms. The van der Waals surface area contributed by atoms with Crippen molar-refractivity contribution in [3.05, 3.63) is 69.8 Å². The van der Waals surface area contributed by atoms with Gasteiger partial charge in [-0.25, -0.2) is 4.98 Å². The van der Waals surface area contributed by atoms with Crippen LogP contribution in [0.25, 0.3) is 0 Å². The van der Waals surface area contributed by atoms with Crippen LogP contribution in [0, 0.1) is 20.8 Å². The Labute approximate surface area is 163 Å². The van der Waals surface area contributed by atoms with Gasteiger partial charge in [0.25, 0.3) is 0 Å². The number of ketones is 2. The van der Waals surface area contributed by atoms with Crippen molar-refractivity contribution >= 4 is 23.3 Å². The van der Waals surface area contributed by atoms with E-state index in [2.05, 4.69) is 27.1 Å². The molecule has 3 aromatic rings. The number of H-pyrrole nitrogens is 2. The van der Waals surface area contributed by atoms with Crippen LogP contribution in [-0.4, -0.2) is 32.3 Å². The number of benzene rings is 1. The van der Waals surface area contributed by atoms with Crippen LogP contribution >= 0.6 is 11.8 Å². The summed E-state index contributed by atoms with van der Waals surface area (Å²) in [6.07, 6.45) is 0.759. The molecule has 0 fully saturated rings. The number of carbonyl (C=O) groups excluding carboxylic acids is 2. The van der Waals surface area contributed by atoms with E-state index in [1.807, 2.05) is 39.0 Å². The lowest BCUT2D eigenvalue weighted by molar-refractivity contribution is 0.101. The van der Waals surface area contributed by atoms with Crippen LogP contribution in [0.4, 0.5) is 0 Å². The maximum Gasteiger partial charge on any atom is 0.189 e. The number of imidazole rings is 1. The van der Waals surface area contributed by atoms with E-state index in [1.54, 1.807) is 0 Å². The summed E-state index contributed by atoms with van der Waals surface area (Å²) in [5.41, 5.74) is 5.80. The van der Waals surface area contributed by atoms with E-state index in [0.29, 0.717) is 11.3 Å². The number of aryl methyl sites for hydroxylation is 2. The Morgan fingerprint density at radius 3 is 2.37 bits per heavy atom. The van der Waals surface area contributed by atoms with E-state index < -0.39 is 0 Å². The zero-order valence-electron chi connectivity index (χ0n) is 16.0. The van der Waals surface area contributed by atoms with E-state index in [4.69, 9.17) is 0 Å². The van der Waals surface area contributed by atoms with Crippen molar-refractivity contribution in [2.24, 2.45) is 0 Å². The SMILES string of the molecule is CC(=O)c1c(C)[nH]c(C(=O)CSc2nc(Cc3ccccc3)c(C)[nH]2)c1C. The van der Waals surface area contributed by atoms with Crippen molar-refractivity contribution in [1.29, 1.82) is 0 Å². The Balaban J connectivity index is 1.69. The molecular formula is C21H23N3O2S. The number of carbonyl (C=O) groups is 2. The predicted octanol–water partition coefficient (Wildman–Crippen LogP) is 4.43. The van der Waals surface area contributed by atoms with Gasteiger partial charge in [0.05, 0.1) is 17.1 Å². The molecule has 5 nitrogen and oxygen atoms in total. The summed E-state index contributed by atoms with van der Waals surface area (Å²) in [6.45, 7) is 7.15. The molecule has 1 aromatic carbocycles. The number of Topliss-reactive ketones (excluding diaryl/α,β-unsaturated/α-hetero) is 2. The first-order valence-corrected chi connectivity index (χ1v) is 9.81. The topological polar surface area (TPSA) is 78.6 Å². The maximum absolute atomic E-state index is 12.6. The third-order valence-electron chi connectivity index (χ3n) is 4.59. The lowest BCUT2D eigenvalue weighted by Gasteiger charge is -2.00. The largest absolute Gasteiger partial charge is 0.355 e. The summed E-state index contributed by atoms with van der Waals surface area (Å²) >= 11 is 1.38. The summed E-state index contributed by atoms with van der Waals surface area (Å²) in [5.74, 6) is 0.197. The second kappa shape index (κ2) is 7.96. The number of thioether (sulfide) groups is 1. The van der Waals surface area contributed by atoms with E-state index in [0.717, 1.165) is 34.2 Å². The van der Waals surface area contributed by atoms with Gasteiger partial charge in [0, 0.05) is 23.4 Å². The fourth-order valence-corrected chi connectivity index (χ4v) is 4.07. The Morgan fingerprint density at radius 1 is 1.04 bits per heavy atom. The Bertz CT molecular complexity index is 987. The normalized spacial score (nSPS) is 11.0. The molecule has 2 N–H and O–H groups in total. The highest BCUT2D eigenvalue weighted by atomic mass is 32.2. The molecule has 2 heterocycles. The van der Waals surface area contributed by atoms with Gasteiger partial charge in [-0.1, -0.05) is 42.1 Å². The first-order chi connectivity index (χ1) is 12.9. The lowest BCUT2D eigenvalue weighted by atomic mass is 10.1. The minimum atomic E-state index is -0.0354. The second-order valence-corrected chi connectivity index (χ2v) is 7.63. The molecular weight excluding hydrogens is 358 g/mol. The van der Waals surface area contributed by atoms with Gasteiger partial charge in [0.15, 0.2) is 16.7 Å². The second-order valence-electron chi connectivity index (χ2n) is 6.67. The molecule has 0 aliphatic carbocycles. The van der Waals surface area contributed by atoms with Gasteiger partial charge in [0.1, 0.15) is 0 Å². The molecule has 0 amide bonds. The van der Waals surface area contributed by atoms with Gasteiger partial charge in [-0.3, -0.25) is 9.59 Å². The van der Waals surface area contributed by atoms with Gasteiger partial charge in [-0.05, 0) is 38.8 Å². The molecule has 0 radical (unpaired) electrons. The van der Waals surface area contributed by atoms with Crippen molar-refractivity contribution in [3.8, 4) is 0 Å². The van der Waals surface area contributed by atoms with Crippen LogP contribution in [0.3, 0.4) is 0 Å². The molecule has 0 aliphatic rings. The molecule has 0 aliphatic heterocycles. The van der Waals surface area contributed by atoms with Gasteiger partial charge in [-0.15, -0.1) is 0 Å².